The normalized spacial score (nSPS) is 21.4. The van der Waals surface area contributed by atoms with Gasteiger partial charge in [0.1, 0.15) is 11.2 Å². The van der Waals surface area contributed by atoms with E-state index in [0.29, 0.717) is 31.6 Å². The number of hydrogen-bond donors (Lipinski definition) is 1. The molecule has 0 radical (unpaired) electrons. The van der Waals surface area contributed by atoms with Gasteiger partial charge in [-0.15, -0.1) is 0 Å². The van der Waals surface area contributed by atoms with Gasteiger partial charge in [-0.05, 0) is 39.1 Å². The lowest BCUT2D eigenvalue weighted by molar-refractivity contribution is -0.0392. The number of pyridine rings is 1. The van der Waals surface area contributed by atoms with Crippen LogP contribution in [0, 0.1) is 0 Å². The standard InChI is InChI=1S/C17H22N4O3/c1-19(2)11-17(24)7-5-8-20(12-17)15(22)13-10-18-14-6-3-4-9-21(14)16(13)23/h3-4,6,9-10,24H,5,7-8,11-12H2,1-2H3. The average Bonchev–Trinajstić information content (AvgIpc) is 2.54. The van der Waals surface area contributed by atoms with E-state index < -0.39 is 5.60 Å². The molecule has 0 aliphatic carbocycles. The topological polar surface area (TPSA) is 78.2 Å². The van der Waals surface area contributed by atoms with Crippen LogP contribution in [0.2, 0.25) is 0 Å². The summed E-state index contributed by atoms with van der Waals surface area (Å²) < 4.78 is 1.36. The lowest BCUT2D eigenvalue weighted by Gasteiger charge is -2.40. The molecule has 3 heterocycles. The molecule has 1 aliphatic heterocycles. The molecule has 0 bridgehead atoms. The Morgan fingerprint density at radius 2 is 2.21 bits per heavy atom. The number of carbonyl (C=O) groups excluding carboxylic acids is 1. The second-order valence-corrected chi connectivity index (χ2v) is 6.70. The molecule has 7 heteroatoms. The fourth-order valence-corrected chi connectivity index (χ4v) is 3.35. The van der Waals surface area contributed by atoms with Gasteiger partial charge in [0, 0.05) is 25.5 Å². The summed E-state index contributed by atoms with van der Waals surface area (Å²) in [5.74, 6) is -0.373. The molecule has 0 spiro atoms. The van der Waals surface area contributed by atoms with Gasteiger partial charge >= 0.3 is 0 Å². The van der Waals surface area contributed by atoms with Gasteiger partial charge in [-0.3, -0.25) is 14.0 Å². The van der Waals surface area contributed by atoms with Crippen molar-refractivity contribution in [1.29, 1.82) is 0 Å². The Morgan fingerprint density at radius 1 is 1.42 bits per heavy atom. The van der Waals surface area contributed by atoms with Gasteiger partial charge in [0.2, 0.25) is 0 Å². The molecular formula is C17H22N4O3. The summed E-state index contributed by atoms with van der Waals surface area (Å²) in [5.41, 5.74) is -0.792. The number of aliphatic hydroxyl groups is 1. The van der Waals surface area contributed by atoms with Crippen LogP contribution in [0.3, 0.4) is 0 Å². The smallest absolute Gasteiger partial charge is 0.270 e. The number of fused-ring (bicyclic) bond motifs is 1. The van der Waals surface area contributed by atoms with Crippen LogP contribution in [0.15, 0.2) is 35.4 Å². The van der Waals surface area contributed by atoms with E-state index in [0.717, 1.165) is 0 Å². The number of likely N-dealkylation sites (N-methyl/N-ethyl adjacent to an activating group) is 1. The van der Waals surface area contributed by atoms with E-state index in [1.54, 1.807) is 29.3 Å². The zero-order chi connectivity index (χ0) is 17.3. The molecule has 0 aromatic carbocycles. The number of nitrogens with zero attached hydrogens (tertiary/aromatic N) is 4. The molecule has 1 atom stereocenters. The molecule has 2 aromatic rings. The Kier molecular flexibility index (Phi) is 4.38. The van der Waals surface area contributed by atoms with Gasteiger partial charge in [-0.2, -0.15) is 0 Å². The van der Waals surface area contributed by atoms with Gasteiger partial charge in [0.15, 0.2) is 0 Å². The molecular weight excluding hydrogens is 308 g/mol. The third-order valence-corrected chi connectivity index (χ3v) is 4.30. The molecule has 2 aromatic heterocycles. The number of likely N-dealkylation sites (tertiary alicyclic amines) is 1. The molecule has 1 fully saturated rings. The molecule has 1 unspecified atom stereocenters. The van der Waals surface area contributed by atoms with Crippen molar-refractivity contribution >= 4 is 11.6 Å². The maximum atomic E-state index is 12.8. The van der Waals surface area contributed by atoms with Crippen molar-refractivity contribution in [2.24, 2.45) is 0 Å². The molecule has 3 rings (SSSR count). The monoisotopic (exact) mass is 330 g/mol. The van der Waals surface area contributed by atoms with Gasteiger partial charge in [0.05, 0.1) is 12.1 Å². The summed E-state index contributed by atoms with van der Waals surface area (Å²) in [6.07, 6.45) is 4.28. The summed E-state index contributed by atoms with van der Waals surface area (Å²) in [7, 11) is 3.77. The number of aromatic nitrogens is 2. The molecule has 1 saturated heterocycles. The minimum Gasteiger partial charge on any atom is -0.387 e. The highest BCUT2D eigenvalue weighted by Crippen LogP contribution is 2.22. The predicted molar refractivity (Wildman–Crippen MR) is 90.1 cm³/mol. The van der Waals surface area contributed by atoms with Crippen molar-refractivity contribution in [3.8, 4) is 0 Å². The van der Waals surface area contributed by atoms with Gasteiger partial charge in [-0.1, -0.05) is 6.07 Å². The molecule has 1 N–H and O–H groups in total. The van der Waals surface area contributed by atoms with E-state index in [4.69, 9.17) is 0 Å². The minimum absolute atomic E-state index is 0.0350. The van der Waals surface area contributed by atoms with Crippen LogP contribution in [0.5, 0.6) is 0 Å². The molecule has 128 valence electrons. The predicted octanol–water partition coefficient (Wildman–Crippen LogP) is 0.223. The summed E-state index contributed by atoms with van der Waals surface area (Å²) >= 11 is 0. The zero-order valence-corrected chi connectivity index (χ0v) is 14.0. The first kappa shape index (κ1) is 16.6. The largest absolute Gasteiger partial charge is 0.387 e. The number of carbonyl (C=O) groups is 1. The van der Waals surface area contributed by atoms with Crippen molar-refractivity contribution in [2.45, 2.75) is 18.4 Å². The Labute approximate surface area is 140 Å². The van der Waals surface area contributed by atoms with Crippen LogP contribution in [-0.4, -0.2) is 69.5 Å². The van der Waals surface area contributed by atoms with Gasteiger partial charge in [-0.25, -0.2) is 4.98 Å². The fraction of sp³-hybridized carbons (Fsp3) is 0.471. The van der Waals surface area contributed by atoms with Crippen molar-refractivity contribution in [3.05, 3.63) is 46.5 Å². The average molecular weight is 330 g/mol. The highest BCUT2D eigenvalue weighted by atomic mass is 16.3. The number of hydrogen-bond acceptors (Lipinski definition) is 5. The molecule has 0 saturated carbocycles. The van der Waals surface area contributed by atoms with Crippen molar-refractivity contribution in [2.75, 3.05) is 33.7 Å². The van der Waals surface area contributed by atoms with Crippen LogP contribution in [0.25, 0.3) is 5.65 Å². The van der Waals surface area contributed by atoms with E-state index in [1.165, 1.54) is 10.6 Å². The van der Waals surface area contributed by atoms with E-state index >= 15 is 0 Å². The highest BCUT2D eigenvalue weighted by molar-refractivity contribution is 5.93. The highest BCUT2D eigenvalue weighted by Gasteiger charge is 2.36. The summed E-state index contributed by atoms with van der Waals surface area (Å²) in [6, 6.07) is 5.22. The quantitative estimate of drug-likeness (QED) is 0.871. The minimum atomic E-state index is -0.947. The van der Waals surface area contributed by atoms with E-state index in [9.17, 15) is 14.7 Å². The number of rotatable bonds is 3. The number of piperidine rings is 1. The van der Waals surface area contributed by atoms with Crippen molar-refractivity contribution < 1.29 is 9.90 Å². The lowest BCUT2D eigenvalue weighted by Crippen LogP contribution is -2.55. The second kappa shape index (κ2) is 6.33. The van der Waals surface area contributed by atoms with Crippen molar-refractivity contribution in [1.82, 2.24) is 19.2 Å². The fourth-order valence-electron chi connectivity index (χ4n) is 3.35. The molecule has 7 nitrogen and oxygen atoms in total. The van der Waals surface area contributed by atoms with Gasteiger partial charge in [0.25, 0.3) is 11.5 Å². The van der Waals surface area contributed by atoms with Crippen LogP contribution < -0.4 is 5.56 Å². The Morgan fingerprint density at radius 3 is 2.96 bits per heavy atom. The van der Waals surface area contributed by atoms with E-state index in [2.05, 4.69) is 4.98 Å². The second-order valence-electron chi connectivity index (χ2n) is 6.70. The third kappa shape index (κ3) is 3.18. The maximum Gasteiger partial charge on any atom is 0.270 e. The van der Waals surface area contributed by atoms with E-state index in [-0.39, 0.29) is 23.6 Å². The zero-order valence-electron chi connectivity index (χ0n) is 14.0. The van der Waals surface area contributed by atoms with Gasteiger partial charge < -0.3 is 14.9 Å². The lowest BCUT2D eigenvalue weighted by atomic mass is 9.92. The Bertz CT molecular complexity index is 817. The van der Waals surface area contributed by atoms with Crippen LogP contribution in [0.4, 0.5) is 0 Å². The first-order chi connectivity index (χ1) is 11.4. The van der Waals surface area contributed by atoms with Crippen LogP contribution >= 0.6 is 0 Å². The summed E-state index contributed by atoms with van der Waals surface area (Å²) in [5, 5.41) is 10.7. The SMILES string of the molecule is CN(C)CC1(O)CCCN(C(=O)c2cnc3ccccn3c2=O)C1. The van der Waals surface area contributed by atoms with Crippen LogP contribution in [0.1, 0.15) is 23.2 Å². The number of amides is 1. The maximum absolute atomic E-state index is 12.8. The molecule has 1 amide bonds. The third-order valence-electron chi connectivity index (χ3n) is 4.30. The van der Waals surface area contributed by atoms with E-state index in [1.807, 2.05) is 19.0 Å². The van der Waals surface area contributed by atoms with Crippen molar-refractivity contribution in [3.63, 3.8) is 0 Å². The van der Waals surface area contributed by atoms with Crippen LogP contribution in [-0.2, 0) is 0 Å². The Balaban J connectivity index is 1.89. The first-order valence-corrected chi connectivity index (χ1v) is 8.02. The molecule has 24 heavy (non-hydrogen) atoms. The number of β-amino-alcohol motifs (C(OH)–C–C–N with tert-alkyl or cyclic N) is 1. The summed E-state index contributed by atoms with van der Waals surface area (Å²) in [4.78, 5) is 33.0. The summed E-state index contributed by atoms with van der Waals surface area (Å²) in [6.45, 7) is 1.23. The first-order valence-electron chi connectivity index (χ1n) is 8.02. The molecule has 1 aliphatic rings. The Hall–Kier alpha value is -2.25.